The molecule has 1 heterocycles. The molecule has 3 nitrogen and oxygen atoms in total. The topological polar surface area (TPSA) is 32.3 Å². The van der Waals surface area contributed by atoms with E-state index in [0.29, 0.717) is 19.0 Å². The number of carbonyl (C=O) groups excluding carboxylic acids is 1. The highest BCUT2D eigenvalue weighted by molar-refractivity contribution is 5.94. The fraction of sp³-hybridized carbons (Fsp3) is 0.462. The molecule has 1 fully saturated rings. The zero-order valence-electron chi connectivity index (χ0n) is 11.0. The molecule has 1 aliphatic rings. The third kappa shape index (κ3) is 3.43. The van der Waals surface area contributed by atoms with Crippen LogP contribution in [0.25, 0.3) is 0 Å². The number of likely N-dealkylation sites (tertiary alicyclic amines) is 1. The second-order valence-electron chi connectivity index (χ2n) is 4.72. The van der Waals surface area contributed by atoms with Gasteiger partial charge < -0.3 is 10.2 Å². The third-order valence-corrected chi connectivity index (χ3v) is 3.30. The lowest BCUT2D eigenvalue weighted by molar-refractivity contribution is 0.0786. The van der Waals surface area contributed by atoms with Crippen molar-refractivity contribution in [2.45, 2.75) is 6.42 Å². The molecule has 7 heteroatoms. The number of halogens is 4. The van der Waals surface area contributed by atoms with E-state index in [2.05, 4.69) is 5.32 Å². The predicted octanol–water partition coefficient (Wildman–Crippen LogP) is 2.21. The maximum atomic E-state index is 13.1. The number of nitrogens with one attached hydrogen (secondary N) is 1. The van der Waals surface area contributed by atoms with Crippen LogP contribution in [0.2, 0.25) is 0 Å². The molecule has 0 spiro atoms. The van der Waals surface area contributed by atoms with Crippen molar-refractivity contribution in [1.82, 2.24) is 10.2 Å². The molecule has 1 aliphatic heterocycles. The first-order valence-electron chi connectivity index (χ1n) is 6.11. The van der Waals surface area contributed by atoms with E-state index in [9.17, 15) is 18.0 Å². The second kappa shape index (κ2) is 6.95. The first-order valence-corrected chi connectivity index (χ1v) is 6.11. The summed E-state index contributed by atoms with van der Waals surface area (Å²) < 4.78 is 39.0. The number of amides is 1. The van der Waals surface area contributed by atoms with Crippen molar-refractivity contribution in [2.24, 2.45) is 5.92 Å². The van der Waals surface area contributed by atoms with Gasteiger partial charge in [0, 0.05) is 18.7 Å². The smallest absolute Gasteiger partial charge is 0.254 e. The van der Waals surface area contributed by atoms with Crippen LogP contribution >= 0.6 is 12.4 Å². The first kappa shape index (κ1) is 16.8. The van der Waals surface area contributed by atoms with Gasteiger partial charge in [-0.2, -0.15) is 0 Å². The van der Waals surface area contributed by atoms with E-state index < -0.39 is 23.4 Å². The van der Waals surface area contributed by atoms with Gasteiger partial charge in [0.2, 0.25) is 0 Å². The Morgan fingerprint density at radius 3 is 2.50 bits per heavy atom. The summed E-state index contributed by atoms with van der Waals surface area (Å²) in [6, 6.07) is 1.48. The van der Waals surface area contributed by atoms with Gasteiger partial charge in [-0.3, -0.25) is 4.79 Å². The molecular formula is C13H16ClF3N2O. The van der Waals surface area contributed by atoms with Crippen molar-refractivity contribution in [1.29, 1.82) is 0 Å². The molecule has 1 unspecified atom stereocenters. The van der Waals surface area contributed by atoms with Crippen LogP contribution in [0.3, 0.4) is 0 Å². The average molecular weight is 309 g/mol. The van der Waals surface area contributed by atoms with E-state index >= 15 is 0 Å². The SMILES string of the molecule is CNCC1CCN(C(=O)c2cc(F)c(F)c(F)c2)C1.Cl. The highest BCUT2D eigenvalue weighted by atomic mass is 35.5. The molecule has 2 rings (SSSR count). The van der Waals surface area contributed by atoms with Crippen LogP contribution in [0.1, 0.15) is 16.8 Å². The van der Waals surface area contributed by atoms with Crippen LogP contribution in [-0.2, 0) is 0 Å². The molecule has 0 saturated carbocycles. The third-order valence-electron chi connectivity index (χ3n) is 3.30. The summed E-state index contributed by atoms with van der Waals surface area (Å²) in [5, 5.41) is 3.03. The molecule has 0 radical (unpaired) electrons. The Hall–Kier alpha value is -1.27. The van der Waals surface area contributed by atoms with Gasteiger partial charge >= 0.3 is 0 Å². The zero-order valence-corrected chi connectivity index (χ0v) is 11.8. The van der Waals surface area contributed by atoms with Crippen molar-refractivity contribution in [3.63, 3.8) is 0 Å². The van der Waals surface area contributed by atoms with E-state index in [-0.39, 0.29) is 18.0 Å². The standard InChI is InChI=1S/C13H15F3N2O.ClH/c1-17-6-8-2-3-18(7-8)13(19)9-4-10(14)12(16)11(15)5-9;/h4-5,8,17H,2-3,6-7H2,1H3;1H. The quantitative estimate of drug-likeness (QED) is 0.868. The zero-order chi connectivity index (χ0) is 14.0. The van der Waals surface area contributed by atoms with Crippen molar-refractivity contribution >= 4 is 18.3 Å². The highest BCUT2D eigenvalue weighted by Crippen LogP contribution is 2.20. The van der Waals surface area contributed by atoms with Gasteiger partial charge in [-0.05, 0) is 38.1 Å². The normalized spacial score (nSPS) is 18.0. The summed E-state index contributed by atoms with van der Waals surface area (Å²) in [4.78, 5) is 13.6. The van der Waals surface area contributed by atoms with Crippen LogP contribution in [-0.4, -0.2) is 37.5 Å². The Balaban J connectivity index is 0.00000200. The lowest BCUT2D eigenvalue weighted by atomic mass is 10.1. The molecule has 1 atom stereocenters. The molecule has 1 saturated heterocycles. The van der Waals surface area contributed by atoms with E-state index in [0.717, 1.165) is 25.1 Å². The lowest BCUT2D eigenvalue weighted by Gasteiger charge is -2.16. The van der Waals surface area contributed by atoms with E-state index in [1.165, 1.54) is 4.90 Å². The Labute approximate surface area is 121 Å². The molecule has 1 aromatic rings. The molecule has 1 aromatic carbocycles. The van der Waals surface area contributed by atoms with Gasteiger partial charge in [-0.25, -0.2) is 13.2 Å². The number of rotatable bonds is 3. The fourth-order valence-electron chi connectivity index (χ4n) is 2.33. The van der Waals surface area contributed by atoms with Crippen LogP contribution in [0.5, 0.6) is 0 Å². The lowest BCUT2D eigenvalue weighted by Crippen LogP contribution is -2.30. The summed E-state index contributed by atoms with van der Waals surface area (Å²) in [7, 11) is 1.83. The highest BCUT2D eigenvalue weighted by Gasteiger charge is 2.27. The Morgan fingerprint density at radius 1 is 1.35 bits per heavy atom. The average Bonchev–Trinajstić information content (AvgIpc) is 2.83. The number of hydrogen-bond acceptors (Lipinski definition) is 2. The van der Waals surface area contributed by atoms with Crippen LogP contribution in [0, 0.1) is 23.4 Å². The fourth-order valence-corrected chi connectivity index (χ4v) is 2.33. The monoisotopic (exact) mass is 308 g/mol. The molecule has 0 aromatic heterocycles. The minimum absolute atomic E-state index is 0. The van der Waals surface area contributed by atoms with Crippen molar-refractivity contribution < 1.29 is 18.0 Å². The molecule has 0 aliphatic carbocycles. The summed E-state index contributed by atoms with van der Waals surface area (Å²) in [5.74, 6) is -4.35. The van der Waals surface area contributed by atoms with Crippen LogP contribution in [0.15, 0.2) is 12.1 Å². The summed E-state index contributed by atoms with van der Waals surface area (Å²) in [5.41, 5.74) is -0.151. The summed E-state index contributed by atoms with van der Waals surface area (Å²) in [6.45, 7) is 1.88. The Kier molecular flexibility index (Phi) is 5.83. The number of benzene rings is 1. The van der Waals surface area contributed by atoms with Crippen molar-refractivity contribution in [2.75, 3.05) is 26.7 Å². The predicted molar refractivity (Wildman–Crippen MR) is 71.5 cm³/mol. The first-order chi connectivity index (χ1) is 9.02. The number of hydrogen-bond donors (Lipinski definition) is 1. The second-order valence-corrected chi connectivity index (χ2v) is 4.72. The Morgan fingerprint density at radius 2 is 1.95 bits per heavy atom. The van der Waals surface area contributed by atoms with Crippen LogP contribution < -0.4 is 5.32 Å². The van der Waals surface area contributed by atoms with Gasteiger partial charge in [-0.1, -0.05) is 0 Å². The summed E-state index contributed by atoms with van der Waals surface area (Å²) in [6.07, 6.45) is 0.846. The van der Waals surface area contributed by atoms with Gasteiger partial charge in [0.05, 0.1) is 0 Å². The molecule has 1 amide bonds. The van der Waals surface area contributed by atoms with Gasteiger partial charge in [0.15, 0.2) is 17.5 Å². The van der Waals surface area contributed by atoms with Crippen molar-refractivity contribution in [3.05, 3.63) is 35.1 Å². The molecule has 20 heavy (non-hydrogen) atoms. The van der Waals surface area contributed by atoms with Gasteiger partial charge in [0.1, 0.15) is 0 Å². The van der Waals surface area contributed by atoms with E-state index in [1.807, 2.05) is 7.05 Å². The molecular weight excluding hydrogens is 293 g/mol. The van der Waals surface area contributed by atoms with E-state index in [1.54, 1.807) is 0 Å². The largest absolute Gasteiger partial charge is 0.338 e. The molecule has 0 bridgehead atoms. The maximum Gasteiger partial charge on any atom is 0.254 e. The summed E-state index contributed by atoms with van der Waals surface area (Å²) >= 11 is 0. The number of nitrogens with zero attached hydrogens (tertiary/aromatic N) is 1. The van der Waals surface area contributed by atoms with Crippen molar-refractivity contribution in [3.8, 4) is 0 Å². The molecule has 112 valence electrons. The van der Waals surface area contributed by atoms with E-state index in [4.69, 9.17) is 0 Å². The number of carbonyl (C=O) groups is 1. The molecule has 1 N–H and O–H groups in total. The minimum Gasteiger partial charge on any atom is -0.338 e. The Bertz CT molecular complexity index is 475. The van der Waals surface area contributed by atoms with Gasteiger partial charge in [0.25, 0.3) is 5.91 Å². The minimum atomic E-state index is -1.55. The maximum absolute atomic E-state index is 13.1. The van der Waals surface area contributed by atoms with Crippen LogP contribution in [0.4, 0.5) is 13.2 Å². The van der Waals surface area contributed by atoms with Gasteiger partial charge in [-0.15, -0.1) is 12.4 Å².